The molecule has 8 heteroatoms. The SMILES string of the molecule is Nc1nocc1-c1ncc2c(n1)N1CCN=C1C(Br)=C2. The third kappa shape index (κ3) is 1.58. The van der Waals surface area contributed by atoms with Crippen LogP contribution in [-0.4, -0.2) is 34.0 Å². The zero-order valence-electron chi connectivity index (χ0n) is 10.2. The van der Waals surface area contributed by atoms with Crippen LogP contribution in [0.15, 0.2) is 26.5 Å². The highest BCUT2D eigenvalue weighted by atomic mass is 79.9. The van der Waals surface area contributed by atoms with E-state index in [1.165, 1.54) is 6.26 Å². The smallest absolute Gasteiger partial charge is 0.177 e. The van der Waals surface area contributed by atoms with Crippen molar-refractivity contribution in [1.82, 2.24) is 15.1 Å². The Labute approximate surface area is 122 Å². The number of fused-ring (bicyclic) bond motifs is 3. The molecule has 0 amide bonds. The van der Waals surface area contributed by atoms with E-state index in [0.29, 0.717) is 11.4 Å². The Morgan fingerprint density at radius 2 is 2.30 bits per heavy atom. The molecule has 4 rings (SSSR count). The maximum Gasteiger partial charge on any atom is 0.177 e. The van der Waals surface area contributed by atoms with Crippen LogP contribution in [0.4, 0.5) is 11.6 Å². The van der Waals surface area contributed by atoms with Crippen LogP contribution < -0.4 is 10.6 Å². The highest BCUT2D eigenvalue weighted by Crippen LogP contribution is 2.34. The van der Waals surface area contributed by atoms with Crippen LogP contribution in [0.3, 0.4) is 0 Å². The predicted octanol–water partition coefficient (Wildman–Crippen LogP) is 1.68. The molecule has 7 nitrogen and oxygen atoms in total. The molecule has 0 radical (unpaired) electrons. The molecule has 0 saturated carbocycles. The van der Waals surface area contributed by atoms with E-state index < -0.39 is 0 Å². The van der Waals surface area contributed by atoms with Gasteiger partial charge < -0.3 is 15.2 Å². The van der Waals surface area contributed by atoms with Crippen LogP contribution in [0, 0.1) is 0 Å². The van der Waals surface area contributed by atoms with E-state index in [0.717, 1.165) is 34.8 Å². The minimum atomic E-state index is 0.285. The van der Waals surface area contributed by atoms with Crippen LogP contribution in [0.5, 0.6) is 0 Å². The number of hydrogen-bond acceptors (Lipinski definition) is 7. The van der Waals surface area contributed by atoms with E-state index in [9.17, 15) is 0 Å². The van der Waals surface area contributed by atoms with Crippen LogP contribution >= 0.6 is 15.9 Å². The van der Waals surface area contributed by atoms with Gasteiger partial charge in [-0.2, -0.15) is 0 Å². The Morgan fingerprint density at radius 1 is 1.40 bits per heavy atom. The summed E-state index contributed by atoms with van der Waals surface area (Å²) in [5, 5.41) is 3.65. The zero-order chi connectivity index (χ0) is 13.7. The van der Waals surface area contributed by atoms with Gasteiger partial charge in [0.25, 0.3) is 0 Å². The summed E-state index contributed by atoms with van der Waals surface area (Å²) in [6.07, 6.45) is 5.18. The lowest BCUT2D eigenvalue weighted by Crippen LogP contribution is -2.31. The molecule has 0 saturated heterocycles. The first-order valence-corrected chi connectivity index (χ1v) is 6.80. The number of amidine groups is 1. The molecule has 2 N–H and O–H groups in total. The molecule has 0 bridgehead atoms. The summed E-state index contributed by atoms with van der Waals surface area (Å²) in [5.41, 5.74) is 7.27. The summed E-state index contributed by atoms with van der Waals surface area (Å²) in [7, 11) is 0. The van der Waals surface area contributed by atoms with E-state index in [1.54, 1.807) is 6.20 Å². The van der Waals surface area contributed by atoms with Gasteiger partial charge >= 0.3 is 0 Å². The Hall–Kier alpha value is -2.22. The predicted molar refractivity (Wildman–Crippen MR) is 78.5 cm³/mol. The van der Waals surface area contributed by atoms with Gasteiger partial charge in [0.05, 0.1) is 11.0 Å². The Kier molecular flexibility index (Phi) is 2.40. The Bertz CT molecular complexity index is 765. The van der Waals surface area contributed by atoms with E-state index in [4.69, 9.17) is 10.3 Å². The van der Waals surface area contributed by atoms with E-state index in [1.807, 2.05) is 6.08 Å². The van der Waals surface area contributed by atoms with Crippen molar-refractivity contribution < 1.29 is 4.52 Å². The average molecular weight is 333 g/mol. The largest absolute Gasteiger partial charge is 0.380 e. The van der Waals surface area contributed by atoms with Crippen LogP contribution in [0.1, 0.15) is 5.56 Å². The number of aromatic nitrogens is 3. The normalized spacial score (nSPS) is 16.6. The number of hydrogen-bond donors (Lipinski definition) is 1. The highest BCUT2D eigenvalue weighted by molar-refractivity contribution is 9.12. The summed E-state index contributed by atoms with van der Waals surface area (Å²) in [6.45, 7) is 1.56. The molecule has 0 spiro atoms. The Morgan fingerprint density at radius 3 is 3.10 bits per heavy atom. The number of anilines is 2. The van der Waals surface area contributed by atoms with Crippen molar-refractivity contribution >= 4 is 39.5 Å². The first-order chi connectivity index (χ1) is 9.74. The molecule has 0 unspecified atom stereocenters. The molecule has 0 aliphatic carbocycles. The van der Waals surface area contributed by atoms with Crippen molar-refractivity contribution in [2.75, 3.05) is 23.7 Å². The van der Waals surface area contributed by atoms with E-state index in [-0.39, 0.29) is 5.82 Å². The molecular weight excluding hydrogens is 324 g/mol. The van der Waals surface area contributed by atoms with Crippen molar-refractivity contribution in [3.05, 3.63) is 22.5 Å². The summed E-state index contributed by atoms with van der Waals surface area (Å²) >= 11 is 3.52. The van der Waals surface area contributed by atoms with Crippen molar-refractivity contribution in [1.29, 1.82) is 0 Å². The van der Waals surface area contributed by atoms with Gasteiger partial charge in [0.2, 0.25) is 0 Å². The summed E-state index contributed by atoms with van der Waals surface area (Å²) < 4.78 is 5.78. The second-order valence-electron chi connectivity index (χ2n) is 4.44. The lowest BCUT2D eigenvalue weighted by Gasteiger charge is -2.25. The fourth-order valence-electron chi connectivity index (χ4n) is 2.30. The van der Waals surface area contributed by atoms with Gasteiger partial charge in [0, 0.05) is 18.3 Å². The second kappa shape index (κ2) is 4.14. The third-order valence-corrected chi connectivity index (χ3v) is 3.81. The quantitative estimate of drug-likeness (QED) is 0.853. The number of nitrogens with zero attached hydrogens (tertiary/aromatic N) is 5. The molecule has 0 aromatic carbocycles. The molecule has 0 fully saturated rings. The van der Waals surface area contributed by atoms with Crippen LogP contribution in [-0.2, 0) is 0 Å². The van der Waals surface area contributed by atoms with Gasteiger partial charge in [-0.3, -0.25) is 4.99 Å². The lowest BCUT2D eigenvalue weighted by atomic mass is 10.2. The molecule has 4 heterocycles. The van der Waals surface area contributed by atoms with Crippen molar-refractivity contribution in [3.63, 3.8) is 0 Å². The Balaban J connectivity index is 1.88. The molecule has 2 aliphatic rings. The van der Waals surface area contributed by atoms with Crippen molar-refractivity contribution in [3.8, 4) is 11.4 Å². The standard InChI is InChI=1S/C12H9BrN6O/c13-8-3-6-4-16-10(7-5-20-18-9(7)14)17-11(6)19-2-1-15-12(8)19/h3-5H,1-2H2,(H2,14,18). The number of rotatable bonds is 1. The molecule has 100 valence electrons. The third-order valence-electron chi connectivity index (χ3n) is 3.23. The average Bonchev–Trinajstić information content (AvgIpc) is 3.08. The maximum atomic E-state index is 5.74. The molecule has 2 aromatic heterocycles. The summed E-state index contributed by atoms with van der Waals surface area (Å²) in [6, 6.07) is 0. The van der Waals surface area contributed by atoms with Crippen LogP contribution in [0.2, 0.25) is 0 Å². The van der Waals surface area contributed by atoms with E-state index >= 15 is 0 Å². The molecular formula is C12H9BrN6O. The first-order valence-electron chi connectivity index (χ1n) is 6.01. The maximum absolute atomic E-state index is 5.74. The van der Waals surface area contributed by atoms with E-state index in [2.05, 4.69) is 40.9 Å². The summed E-state index contributed by atoms with van der Waals surface area (Å²) in [4.78, 5) is 15.4. The summed E-state index contributed by atoms with van der Waals surface area (Å²) in [5.74, 6) is 2.52. The van der Waals surface area contributed by atoms with Gasteiger partial charge in [-0.25, -0.2) is 9.97 Å². The number of nitrogen functional groups attached to an aromatic ring is 1. The fraction of sp³-hybridized carbons (Fsp3) is 0.167. The molecule has 0 atom stereocenters. The zero-order valence-corrected chi connectivity index (χ0v) is 11.8. The van der Waals surface area contributed by atoms with Crippen molar-refractivity contribution in [2.24, 2.45) is 4.99 Å². The van der Waals surface area contributed by atoms with Gasteiger partial charge in [-0.1, -0.05) is 5.16 Å². The number of nitrogens with two attached hydrogens (primary N) is 1. The highest BCUT2D eigenvalue weighted by Gasteiger charge is 2.29. The fourth-order valence-corrected chi connectivity index (χ4v) is 2.89. The lowest BCUT2D eigenvalue weighted by molar-refractivity contribution is 0.423. The van der Waals surface area contributed by atoms with Gasteiger partial charge in [-0.05, 0) is 22.0 Å². The molecule has 20 heavy (non-hydrogen) atoms. The minimum absolute atomic E-state index is 0.285. The first kappa shape index (κ1) is 11.6. The second-order valence-corrected chi connectivity index (χ2v) is 5.29. The van der Waals surface area contributed by atoms with Gasteiger partial charge in [0.1, 0.15) is 23.5 Å². The van der Waals surface area contributed by atoms with Crippen molar-refractivity contribution in [2.45, 2.75) is 0 Å². The molecule has 2 aliphatic heterocycles. The monoisotopic (exact) mass is 332 g/mol. The minimum Gasteiger partial charge on any atom is -0.380 e. The van der Waals surface area contributed by atoms with Gasteiger partial charge in [0.15, 0.2) is 11.6 Å². The number of aliphatic imine (C=N–C) groups is 1. The van der Waals surface area contributed by atoms with Gasteiger partial charge in [-0.15, -0.1) is 0 Å². The number of halogens is 1. The molecule has 2 aromatic rings. The van der Waals surface area contributed by atoms with Crippen LogP contribution in [0.25, 0.3) is 17.5 Å². The topological polar surface area (TPSA) is 93.4 Å².